The van der Waals surface area contributed by atoms with E-state index in [1.54, 1.807) is 0 Å². The van der Waals surface area contributed by atoms with Crippen molar-refractivity contribution in [1.29, 1.82) is 0 Å². The van der Waals surface area contributed by atoms with E-state index in [2.05, 4.69) is 45.7 Å². The minimum atomic E-state index is -0.585. The average molecular weight is 451 g/mol. The van der Waals surface area contributed by atoms with E-state index in [0.717, 1.165) is 38.0 Å². The van der Waals surface area contributed by atoms with E-state index in [0.29, 0.717) is 32.7 Å². The summed E-state index contributed by atoms with van der Waals surface area (Å²) >= 11 is 0. The van der Waals surface area contributed by atoms with Crippen molar-refractivity contribution in [1.82, 2.24) is 15.5 Å². The third-order valence-electron chi connectivity index (χ3n) is 6.53. The van der Waals surface area contributed by atoms with Gasteiger partial charge in [0.25, 0.3) is 0 Å². The van der Waals surface area contributed by atoms with Crippen molar-refractivity contribution in [2.75, 3.05) is 57.9 Å². The fraction of sp³-hybridized carbons (Fsp3) is 0.462. The van der Waals surface area contributed by atoms with Crippen LogP contribution >= 0.6 is 0 Å². The molecule has 1 fully saturated rings. The maximum atomic E-state index is 12.5. The van der Waals surface area contributed by atoms with Gasteiger partial charge in [-0.15, -0.1) is 0 Å². The first-order chi connectivity index (χ1) is 16.1. The predicted octanol–water partition coefficient (Wildman–Crippen LogP) is 1.92. The van der Waals surface area contributed by atoms with Gasteiger partial charge in [-0.1, -0.05) is 42.5 Å². The Balaban J connectivity index is 1.37. The standard InChI is InChI=1S/C26H34N4O3/c1-29-13-5-8-21-18-22(9-10-23(21)29)24(30-14-16-33-17-15-30)19-28-26(32)25(31)27-12-11-20-6-3-2-4-7-20/h2-4,6-7,9-10,18,24H,5,8,11-17,19H2,1H3,(H,27,31)(H,28,32)/t24-/m0/s1. The van der Waals surface area contributed by atoms with Crippen molar-refractivity contribution < 1.29 is 14.3 Å². The number of aryl methyl sites for hydroxylation is 1. The normalized spacial score (nSPS) is 17.2. The van der Waals surface area contributed by atoms with Crippen LogP contribution in [-0.4, -0.2) is 69.7 Å². The van der Waals surface area contributed by atoms with Gasteiger partial charge in [0.2, 0.25) is 0 Å². The van der Waals surface area contributed by atoms with E-state index in [-0.39, 0.29) is 6.04 Å². The molecule has 0 radical (unpaired) electrons. The molecule has 0 aliphatic carbocycles. The zero-order valence-corrected chi connectivity index (χ0v) is 19.4. The summed E-state index contributed by atoms with van der Waals surface area (Å²) in [4.78, 5) is 29.5. The predicted molar refractivity (Wildman–Crippen MR) is 129 cm³/mol. The van der Waals surface area contributed by atoms with Crippen LogP contribution < -0.4 is 15.5 Å². The third kappa shape index (κ3) is 6.12. The monoisotopic (exact) mass is 450 g/mol. The lowest BCUT2D eigenvalue weighted by molar-refractivity contribution is -0.139. The van der Waals surface area contributed by atoms with Gasteiger partial charge in [-0.2, -0.15) is 0 Å². The first-order valence-corrected chi connectivity index (χ1v) is 11.9. The second-order valence-corrected chi connectivity index (χ2v) is 8.78. The Morgan fingerprint density at radius 2 is 1.76 bits per heavy atom. The van der Waals surface area contributed by atoms with Crippen molar-refractivity contribution in [2.45, 2.75) is 25.3 Å². The lowest BCUT2D eigenvalue weighted by Gasteiger charge is -2.36. The summed E-state index contributed by atoms with van der Waals surface area (Å²) in [6.07, 6.45) is 2.91. The molecule has 33 heavy (non-hydrogen) atoms. The molecule has 2 heterocycles. The largest absolute Gasteiger partial charge is 0.379 e. The number of nitrogens with one attached hydrogen (secondary N) is 2. The Bertz CT molecular complexity index is 944. The number of amides is 2. The summed E-state index contributed by atoms with van der Waals surface area (Å²) in [7, 11) is 2.13. The minimum absolute atomic E-state index is 0.00695. The number of hydrogen-bond acceptors (Lipinski definition) is 5. The third-order valence-corrected chi connectivity index (χ3v) is 6.53. The van der Waals surface area contributed by atoms with Crippen LogP contribution in [0.25, 0.3) is 0 Å². The highest BCUT2D eigenvalue weighted by Gasteiger charge is 2.26. The molecule has 0 spiro atoms. The lowest BCUT2D eigenvalue weighted by Crippen LogP contribution is -2.47. The highest BCUT2D eigenvalue weighted by Crippen LogP contribution is 2.30. The van der Waals surface area contributed by atoms with Gasteiger partial charge in [0.05, 0.1) is 19.3 Å². The number of benzene rings is 2. The second kappa shape index (κ2) is 11.3. The van der Waals surface area contributed by atoms with Crippen molar-refractivity contribution >= 4 is 17.5 Å². The number of morpholine rings is 1. The first kappa shape index (κ1) is 23.3. The smallest absolute Gasteiger partial charge is 0.309 e. The molecule has 7 heteroatoms. The quantitative estimate of drug-likeness (QED) is 0.631. The molecular weight excluding hydrogens is 416 g/mol. The number of nitrogens with zero attached hydrogens (tertiary/aromatic N) is 2. The van der Waals surface area contributed by atoms with Gasteiger partial charge < -0.3 is 20.3 Å². The highest BCUT2D eigenvalue weighted by atomic mass is 16.5. The maximum Gasteiger partial charge on any atom is 0.309 e. The van der Waals surface area contributed by atoms with E-state index >= 15 is 0 Å². The number of carbonyl (C=O) groups is 2. The van der Waals surface area contributed by atoms with Crippen LogP contribution in [0.4, 0.5) is 5.69 Å². The number of anilines is 1. The highest BCUT2D eigenvalue weighted by molar-refractivity contribution is 6.35. The number of hydrogen-bond donors (Lipinski definition) is 2. The topological polar surface area (TPSA) is 73.9 Å². The van der Waals surface area contributed by atoms with Crippen molar-refractivity contribution in [3.05, 3.63) is 65.2 Å². The molecule has 0 saturated carbocycles. The zero-order chi connectivity index (χ0) is 23.0. The van der Waals surface area contributed by atoms with Gasteiger partial charge in [-0.25, -0.2) is 0 Å². The van der Waals surface area contributed by atoms with E-state index in [9.17, 15) is 9.59 Å². The summed E-state index contributed by atoms with van der Waals surface area (Å²) < 4.78 is 5.54. The molecule has 2 amide bonds. The molecule has 2 N–H and O–H groups in total. The van der Waals surface area contributed by atoms with Crippen LogP contribution in [0.3, 0.4) is 0 Å². The Kier molecular flexibility index (Phi) is 7.96. The van der Waals surface area contributed by atoms with E-state index < -0.39 is 11.8 Å². The first-order valence-electron chi connectivity index (χ1n) is 11.9. The molecule has 2 aliphatic heterocycles. The molecule has 176 valence electrons. The number of fused-ring (bicyclic) bond motifs is 1. The molecule has 0 aromatic heterocycles. The number of carbonyl (C=O) groups excluding carboxylic acids is 2. The van der Waals surface area contributed by atoms with Crippen molar-refractivity contribution in [3.63, 3.8) is 0 Å². The maximum absolute atomic E-state index is 12.5. The molecule has 1 saturated heterocycles. The Morgan fingerprint density at radius 1 is 1.00 bits per heavy atom. The van der Waals surface area contributed by atoms with Gasteiger partial charge in [0, 0.05) is 45.5 Å². The molecule has 0 unspecified atom stereocenters. The molecule has 1 atom stereocenters. The molecule has 4 rings (SSSR count). The van der Waals surface area contributed by atoms with Crippen LogP contribution in [0.1, 0.15) is 29.2 Å². The number of ether oxygens (including phenoxy) is 1. The summed E-state index contributed by atoms with van der Waals surface area (Å²) in [5, 5.41) is 5.60. The van der Waals surface area contributed by atoms with Crippen LogP contribution in [-0.2, 0) is 27.2 Å². The Hall–Kier alpha value is -2.90. The molecule has 2 aromatic carbocycles. The molecule has 7 nitrogen and oxygen atoms in total. The van der Waals surface area contributed by atoms with Crippen LogP contribution in [0.2, 0.25) is 0 Å². The zero-order valence-electron chi connectivity index (χ0n) is 19.4. The lowest BCUT2D eigenvalue weighted by atomic mass is 9.95. The van der Waals surface area contributed by atoms with Gasteiger partial charge >= 0.3 is 11.8 Å². The van der Waals surface area contributed by atoms with Crippen LogP contribution in [0, 0.1) is 0 Å². The SMILES string of the molecule is CN1CCCc2cc([C@H](CNC(=O)C(=O)NCCc3ccccc3)N3CCOCC3)ccc21. The van der Waals surface area contributed by atoms with Crippen LogP contribution in [0.15, 0.2) is 48.5 Å². The van der Waals surface area contributed by atoms with Gasteiger partial charge in [-0.05, 0) is 42.0 Å². The fourth-order valence-corrected chi connectivity index (χ4v) is 4.67. The Morgan fingerprint density at radius 3 is 2.55 bits per heavy atom. The van der Waals surface area contributed by atoms with Crippen LogP contribution in [0.5, 0.6) is 0 Å². The molecule has 2 aromatic rings. The second-order valence-electron chi connectivity index (χ2n) is 8.78. The van der Waals surface area contributed by atoms with E-state index in [4.69, 9.17) is 4.74 Å². The van der Waals surface area contributed by atoms with E-state index in [1.165, 1.54) is 16.8 Å². The van der Waals surface area contributed by atoms with Crippen molar-refractivity contribution in [3.8, 4) is 0 Å². The van der Waals surface area contributed by atoms with Gasteiger partial charge in [0.15, 0.2) is 0 Å². The summed E-state index contributed by atoms with van der Waals surface area (Å²) in [6, 6.07) is 16.5. The van der Waals surface area contributed by atoms with Crippen molar-refractivity contribution in [2.24, 2.45) is 0 Å². The van der Waals surface area contributed by atoms with Gasteiger partial charge in [0.1, 0.15) is 0 Å². The summed E-state index contributed by atoms with van der Waals surface area (Å²) in [5.41, 5.74) is 4.94. The summed E-state index contributed by atoms with van der Waals surface area (Å²) in [6.45, 7) is 4.87. The Labute approximate surface area is 196 Å². The molecular formula is C26H34N4O3. The minimum Gasteiger partial charge on any atom is -0.379 e. The molecule has 0 bridgehead atoms. The molecule has 2 aliphatic rings. The fourth-order valence-electron chi connectivity index (χ4n) is 4.67. The van der Waals surface area contributed by atoms with E-state index in [1.807, 2.05) is 30.3 Å². The summed E-state index contributed by atoms with van der Waals surface area (Å²) in [5.74, 6) is -1.17. The number of rotatable bonds is 7. The average Bonchev–Trinajstić information content (AvgIpc) is 2.85. The van der Waals surface area contributed by atoms with Gasteiger partial charge in [-0.3, -0.25) is 14.5 Å².